The van der Waals surface area contributed by atoms with E-state index < -0.39 is 5.92 Å². The molecule has 0 unspecified atom stereocenters. The Morgan fingerprint density at radius 1 is 1.36 bits per heavy atom. The van der Waals surface area contributed by atoms with Crippen LogP contribution in [0.4, 0.5) is 4.39 Å². The van der Waals surface area contributed by atoms with E-state index in [4.69, 9.17) is 10.5 Å². The van der Waals surface area contributed by atoms with E-state index in [1.165, 1.54) is 12.1 Å². The molecule has 0 saturated carbocycles. The summed E-state index contributed by atoms with van der Waals surface area (Å²) < 4.78 is 18.7. The number of aromatic amines is 1. The number of allylic oxidation sites excluding steroid dienone is 1. The molecule has 0 saturated heterocycles. The standard InChI is InChI=1S/C16H15FN4O/c1-8(2)14-13-12(9-3-5-10(17)6-4-9)11(7-18)15(19)22-16(13)21-20-14/h3-6,8,12H,19H2,1-2H3,(H,20,21)/t12-/m1/s1. The average Bonchev–Trinajstić information content (AvgIpc) is 2.90. The maximum Gasteiger partial charge on any atom is 0.244 e. The Morgan fingerprint density at radius 2 is 2.05 bits per heavy atom. The zero-order valence-corrected chi connectivity index (χ0v) is 12.2. The molecule has 3 N–H and O–H groups in total. The Balaban J connectivity index is 2.23. The highest BCUT2D eigenvalue weighted by Gasteiger charge is 2.35. The second kappa shape index (κ2) is 5.19. The van der Waals surface area contributed by atoms with Crippen LogP contribution < -0.4 is 10.5 Å². The zero-order chi connectivity index (χ0) is 15.9. The van der Waals surface area contributed by atoms with E-state index in [0.717, 1.165) is 16.8 Å². The van der Waals surface area contributed by atoms with Crippen LogP contribution in [0.2, 0.25) is 0 Å². The van der Waals surface area contributed by atoms with Crippen molar-refractivity contribution in [2.45, 2.75) is 25.7 Å². The molecule has 0 spiro atoms. The number of nitriles is 1. The lowest BCUT2D eigenvalue weighted by Crippen LogP contribution is -2.21. The van der Waals surface area contributed by atoms with E-state index in [1.54, 1.807) is 12.1 Å². The molecule has 0 radical (unpaired) electrons. The van der Waals surface area contributed by atoms with Crippen LogP contribution in [0.1, 0.15) is 42.5 Å². The lowest BCUT2D eigenvalue weighted by atomic mass is 9.82. The fourth-order valence-corrected chi connectivity index (χ4v) is 2.70. The van der Waals surface area contributed by atoms with E-state index in [-0.39, 0.29) is 17.6 Å². The number of benzene rings is 1. The highest BCUT2D eigenvalue weighted by Crippen LogP contribution is 2.44. The summed E-state index contributed by atoms with van der Waals surface area (Å²) in [5.74, 6) is -0.170. The van der Waals surface area contributed by atoms with Gasteiger partial charge in [0.25, 0.3) is 0 Å². The van der Waals surface area contributed by atoms with Crippen LogP contribution in [-0.4, -0.2) is 10.2 Å². The van der Waals surface area contributed by atoms with Crippen molar-refractivity contribution >= 4 is 0 Å². The largest absolute Gasteiger partial charge is 0.420 e. The molecule has 2 aromatic rings. The van der Waals surface area contributed by atoms with Crippen molar-refractivity contribution in [2.24, 2.45) is 5.73 Å². The monoisotopic (exact) mass is 298 g/mol. The van der Waals surface area contributed by atoms with Crippen molar-refractivity contribution in [2.75, 3.05) is 0 Å². The highest BCUT2D eigenvalue weighted by molar-refractivity contribution is 5.55. The molecule has 1 aliphatic heterocycles. The molecule has 5 nitrogen and oxygen atoms in total. The van der Waals surface area contributed by atoms with Gasteiger partial charge in [-0.3, -0.25) is 5.10 Å². The summed E-state index contributed by atoms with van der Waals surface area (Å²) in [5.41, 5.74) is 8.60. The van der Waals surface area contributed by atoms with Gasteiger partial charge in [0.05, 0.1) is 11.5 Å². The normalized spacial score (nSPS) is 17.1. The highest BCUT2D eigenvalue weighted by atomic mass is 19.1. The number of hydrogen-bond donors (Lipinski definition) is 2. The van der Waals surface area contributed by atoms with Crippen molar-refractivity contribution in [3.05, 3.63) is 58.4 Å². The smallest absolute Gasteiger partial charge is 0.244 e. The Kier molecular flexibility index (Phi) is 3.33. The van der Waals surface area contributed by atoms with Crippen molar-refractivity contribution in [3.63, 3.8) is 0 Å². The number of H-pyrrole nitrogens is 1. The van der Waals surface area contributed by atoms with E-state index in [9.17, 15) is 9.65 Å². The summed E-state index contributed by atoms with van der Waals surface area (Å²) in [7, 11) is 0. The topological polar surface area (TPSA) is 87.7 Å². The zero-order valence-electron chi connectivity index (χ0n) is 12.2. The third-order valence-electron chi connectivity index (χ3n) is 3.75. The van der Waals surface area contributed by atoms with Crippen LogP contribution in [0.5, 0.6) is 5.88 Å². The first kappa shape index (κ1) is 14.1. The molecular weight excluding hydrogens is 283 g/mol. The lowest BCUT2D eigenvalue weighted by Gasteiger charge is -2.24. The minimum Gasteiger partial charge on any atom is -0.420 e. The predicted molar refractivity (Wildman–Crippen MR) is 78.4 cm³/mol. The molecule has 2 heterocycles. The second-order valence-corrected chi connectivity index (χ2v) is 5.49. The van der Waals surface area contributed by atoms with Gasteiger partial charge in [0, 0.05) is 5.69 Å². The lowest BCUT2D eigenvalue weighted by molar-refractivity contribution is 0.378. The van der Waals surface area contributed by atoms with Crippen LogP contribution in [0, 0.1) is 17.1 Å². The molecule has 22 heavy (non-hydrogen) atoms. The summed E-state index contributed by atoms with van der Waals surface area (Å²) in [5, 5.41) is 16.6. The van der Waals surface area contributed by atoms with Gasteiger partial charge in [0.1, 0.15) is 17.5 Å². The number of rotatable bonds is 2. The Hall–Kier alpha value is -2.81. The molecule has 1 aromatic heterocycles. The van der Waals surface area contributed by atoms with Crippen molar-refractivity contribution in [3.8, 4) is 11.9 Å². The Morgan fingerprint density at radius 3 is 2.64 bits per heavy atom. The van der Waals surface area contributed by atoms with Crippen molar-refractivity contribution < 1.29 is 9.13 Å². The van der Waals surface area contributed by atoms with Crippen LogP contribution in [0.15, 0.2) is 35.7 Å². The predicted octanol–water partition coefficient (Wildman–Crippen LogP) is 2.89. The summed E-state index contributed by atoms with van der Waals surface area (Å²) in [4.78, 5) is 0. The summed E-state index contributed by atoms with van der Waals surface area (Å²) in [6, 6.07) is 8.14. The first-order chi connectivity index (χ1) is 10.5. The quantitative estimate of drug-likeness (QED) is 0.892. The van der Waals surface area contributed by atoms with Gasteiger partial charge in [0.2, 0.25) is 11.8 Å². The number of aromatic nitrogens is 2. The van der Waals surface area contributed by atoms with Gasteiger partial charge in [-0.1, -0.05) is 26.0 Å². The van der Waals surface area contributed by atoms with Gasteiger partial charge in [-0.15, -0.1) is 5.10 Å². The fourth-order valence-electron chi connectivity index (χ4n) is 2.70. The van der Waals surface area contributed by atoms with Crippen molar-refractivity contribution in [1.82, 2.24) is 10.2 Å². The van der Waals surface area contributed by atoms with Gasteiger partial charge in [0.15, 0.2) is 0 Å². The van der Waals surface area contributed by atoms with E-state index >= 15 is 0 Å². The second-order valence-electron chi connectivity index (χ2n) is 5.49. The molecule has 1 atom stereocenters. The Bertz CT molecular complexity index is 783. The molecular formula is C16H15FN4O. The molecule has 3 rings (SSSR count). The number of nitrogens with zero attached hydrogens (tertiary/aromatic N) is 2. The third-order valence-corrected chi connectivity index (χ3v) is 3.75. The number of halogens is 1. The molecule has 1 aromatic carbocycles. The number of hydrogen-bond acceptors (Lipinski definition) is 4. The first-order valence-electron chi connectivity index (χ1n) is 6.94. The van der Waals surface area contributed by atoms with Crippen LogP contribution in [0.3, 0.4) is 0 Å². The summed E-state index contributed by atoms with van der Waals surface area (Å²) >= 11 is 0. The SMILES string of the molecule is CC(C)c1[nH]nc2c1[C@H](c1ccc(F)cc1)C(C#N)=C(N)O2. The summed E-state index contributed by atoms with van der Waals surface area (Å²) in [6.45, 7) is 4.03. The minimum atomic E-state index is -0.412. The van der Waals surface area contributed by atoms with Gasteiger partial charge in [-0.25, -0.2) is 4.39 Å². The van der Waals surface area contributed by atoms with E-state index in [2.05, 4.69) is 16.3 Å². The van der Waals surface area contributed by atoms with Gasteiger partial charge >= 0.3 is 0 Å². The molecule has 0 amide bonds. The van der Waals surface area contributed by atoms with E-state index in [1.807, 2.05) is 13.8 Å². The number of ether oxygens (including phenoxy) is 1. The third kappa shape index (κ3) is 2.11. The fraction of sp³-hybridized carbons (Fsp3) is 0.250. The van der Waals surface area contributed by atoms with E-state index in [0.29, 0.717) is 11.5 Å². The van der Waals surface area contributed by atoms with Gasteiger partial charge in [-0.05, 0) is 23.6 Å². The first-order valence-corrected chi connectivity index (χ1v) is 6.94. The van der Waals surface area contributed by atoms with Crippen LogP contribution in [0.25, 0.3) is 0 Å². The van der Waals surface area contributed by atoms with Gasteiger partial charge < -0.3 is 10.5 Å². The molecule has 0 fully saturated rings. The van der Waals surface area contributed by atoms with Gasteiger partial charge in [-0.2, -0.15) is 5.26 Å². The number of nitrogens with two attached hydrogens (primary N) is 1. The summed E-state index contributed by atoms with van der Waals surface area (Å²) in [6.07, 6.45) is 0. The minimum absolute atomic E-state index is 0.0335. The number of nitrogens with one attached hydrogen (secondary N) is 1. The maximum absolute atomic E-state index is 13.2. The molecule has 112 valence electrons. The van der Waals surface area contributed by atoms with Crippen LogP contribution in [-0.2, 0) is 0 Å². The molecule has 6 heteroatoms. The average molecular weight is 298 g/mol. The number of fused-ring (bicyclic) bond motifs is 1. The molecule has 0 aliphatic carbocycles. The maximum atomic E-state index is 13.2. The molecule has 1 aliphatic rings. The van der Waals surface area contributed by atoms with Crippen LogP contribution >= 0.6 is 0 Å². The van der Waals surface area contributed by atoms with Crippen molar-refractivity contribution in [1.29, 1.82) is 5.26 Å². The molecule has 0 bridgehead atoms. The Labute approximate surface area is 127 Å².